The highest BCUT2D eigenvalue weighted by Gasteiger charge is 2.11. The van der Waals surface area contributed by atoms with E-state index in [4.69, 9.17) is 22.7 Å². The summed E-state index contributed by atoms with van der Waals surface area (Å²) in [7, 11) is 0. The van der Waals surface area contributed by atoms with Gasteiger partial charge in [0.05, 0.1) is 10.8 Å². The maximum Gasteiger partial charge on any atom is 0.287 e. The SMILES string of the molecule is N=C(N)Cc1ccc([N+](=O)[O-])c(Cl)c1. The van der Waals surface area contributed by atoms with Crippen molar-refractivity contribution in [2.24, 2.45) is 5.73 Å². The molecule has 0 bridgehead atoms. The molecule has 0 saturated carbocycles. The molecule has 3 N–H and O–H groups in total. The van der Waals surface area contributed by atoms with Gasteiger partial charge in [-0.25, -0.2) is 0 Å². The molecule has 0 fully saturated rings. The van der Waals surface area contributed by atoms with E-state index in [9.17, 15) is 10.1 Å². The first-order valence-electron chi connectivity index (χ1n) is 3.76. The summed E-state index contributed by atoms with van der Waals surface area (Å²) in [6.07, 6.45) is 0.248. The molecule has 0 radical (unpaired) electrons. The van der Waals surface area contributed by atoms with Gasteiger partial charge < -0.3 is 5.73 Å². The van der Waals surface area contributed by atoms with Gasteiger partial charge in [-0.05, 0) is 11.6 Å². The second kappa shape index (κ2) is 4.06. The summed E-state index contributed by atoms with van der Waals surface area (Å²) >= 11 is 5.65. The first-order valence-corrected chi connectivity index (χ1v) is 4.14. The maximum absolute atomic E-state index is 10.4. The molecule has 14 heavy (non-hydrogen) atoms. The number of benzene rings is 1. The fraction of sp³-hybridized carbons (Fsp3) is 0.125. The summed E-state index contributed by atoms with van der Waals surface area (Å²) in [6, 6.07) is 4.28. The third-order valence-electron chi connectivity index (χ3n) is 1.60. The molecular weight excluding hydrogens is 206 g/mol. The Bertz CT molecular complexity index is 392. The fourth-order valence-corrected chi connectivity index (χ4v) is 1.30. The van der Waals surface area contributed by atoms with E-state index < -0.39 is 4.92 Å². The lowest BCUT2D eigenvalue weighted by Gasteiger charge is -2.00. The molecule has 1 aromatic rings. The van der Waals surface area contributed by atoms with Crippen LogP contribution < -0.4 is 5.73 Å². The molecule has 0 aliphatic carbocycles. The molecule has 0 aliphatic rings. The van der Waals surface area contributed by atoms with Crippen molar-refractivity contribution in [1.82, 2.24) is 0 Å². The van der Waals surface area contributed by atoms with E-state index in [1.54, 1.807) is 0 Å². The van der Waals surface area contributed by atoms with Gasteiger partial charge in [-0.2, -0.15) is 0 Å². The lowest BCUT2D eigenvalue weighted by atomic mass is 10.1. The number of rotatable bonds is 3. The quantitative estimate of drug-likeness (QED) is 0.347. The molecule has 0 heterocycles. The highest BCUT2D eigenvalue weighted by Crippen LogP contribution is 2.24. The van der Waals surface area contributed by atoms with E-state index in [1.165, 1.54) is 18.2 Å². The van der Waals surface area contributed by atoms with Crippen LogP contribution in [0.4, 0.5) is 5.69 Å². The Kier molecular flexibility index (Phi) is 3.03. The van der Waals surface area contributed by atoms with Crippen molar-refractivity contribution in [1.29, 1.82) is 5.41 Å². The number of nitro benzene ring substituents is 1. The summed E-state index contributed by atoms with van der Waals surface area (Å²) < 4.78 is 0. The molecule has 0 amide bonds. The van der Waals surface area contributed by atoms with Crippen molar-refractivity contribution < 1.29 is 4.92 Å². The van der Waals surface area contributed by atoms with Crippen LogP contribution in [-0.2, 0) is 6.42 Å². The van der Waals surface area contributed by atoms with Crippen molar-refractivity contribution >= 4 is 23.1 Å². The summed E-state index contributed by atoms with van der Waals surface area (Å²) in [4.78, 5) is 9.85. The molecule has 0 aromatic heterocycles. The minimum Gasteiger partial charge on any atom is -0.387 e. The zero-order valence-corrected chi connectivity index (χ0v) is 7.91. The normalized spacial score (nSPS) is 9.79. The summed E-state index contributed by atoms with van der Waals surface area (Å²) in [5, 5.41) is 17.5. The van der Waals surface area contributed by atoms with Gasteiger partial charge in [0.1, 0.15) is 5.02 Å². The van der Waals surface area contributed by atoms with Crippen LogP contribution in [-0.4, -0.2) is 10.8 Å². The summed E-state index contributed by atoms with van der Waals surface area (Å²) in [5.41, 5.74) is 5.73. The second-order valence-electron chi connectivity index (χ2n) is 2.74. The van der Waals surface area contributed by atoms with Crippen LogP contribution in [0.5, 0.6) is 0 Å². The Hall–Kier alpha value is -1.62. The molecule has 5 nitrogen and oxygen atoms in total. The number of nitro groups is 1. The monoisotopic (exact) mass is 213 g/mol. The molecule has 6 heteroatoms. The van der Waals surface area contributed by atoms with Crippen LogP contribution in [0.2, 0.25) is 5.02 Å². The van der Waals surface area contributed by atoms with Crippen LogP contribution in [0.3, 0.4) is 0 Å². The summed E-state index contributed by atoms with van der Waals surface area (Å²) in [6.45, 7) is 0. The minimum absolute atomic E-state index is 0.00470. The van der Waals surface area contributed by atoms with Crippen LogP contribution in [0.1, 0.15) is 5.56 Å². The number of hydrogen-bond acceptors (Lipinski definition) is 3. The second-order valence-corrected chi connectivity index (χ2v) is 3.15. The predicted molar refractivity (Wildman–Crippen MR) is 53.7 cm³/mol. The average Bonchev–Trinajstić information content (AvgIpc) is 2.01. The van der Waals surface area contributed by atoms with E-state index >= 15 is 0 Å². The topological polar surface area (TPSA) is 93.0 Å². The van der Waals surface area contributed by atoms with Crippen LogP contribution in [0, 0.1) is 15.5 Å². The Morgan fingerprint density at radius 2 is 2.29 bits per heavy atom. The van der Waals surface area contributed by atoms with Crippen LogP contribution >= 0.6 is 11.6 Å². The van der Waals surface area contributed by atoms with Crippen molar-refractivity contribution in [2.45, 2.75) is 6.42 Å². The highest BCUT2D eigenvalue weighted by molar-refractivity contribution is 6.32. The zero-order chi connectivity index (χ0) is 10.7. The lowest BCUT2D eigenvalue weighted by Crippen LogP contribution is -2.12. The molecule has 0 saturated heterocycles. The minimum atomic E-state index is -0.556. The molecular formula is C8H8ClN3O2. The van der Waals surface area contributed by atoms with Gasteiger partial charge in [0.25, 0.3) is 5.69 Å². The zero-order valence-electron chi connectivity index (χ0n) is 7.16. The van der Waals surface area contributed by atoms with Crippen molar-refractivity contribution in [3.63, 3.8) is 0 Å². The number of nitrogens with two attached hydrogens (primary N) is 1. The van der Waals surface area contributed by atoms with Gasteiger partial charge in [-0.1, -0.05) is 17.7 Å². The molecule has 0 aliphatic heterocycles. The molecule has 0 atom stereocenters. The van der Waals surface area contributed by atoms with Gasteiger partial charge >= 0.3 is 0 Å². The number of amidine groups is 1. The average molecular weight is 214 g/mol. The largest absolute Gasteiger partial charge is 0.387 e. The first kappa shape index (κ1) is 10.5. The van der Waals surface area contributed by atoms with E-state index in [1.807, 2.05) is 0 Å². The Morgan fingerprint density at radius 3 is 2.71 bits per heavy atom. The Balaban J connectivity index is 3.00. The van der Waals surface area contributed by atoms with Gasteiger partial charge in [0, 0.05) is 12.5 Å². The van der Waals surface area contributed by atoms with E-state index in [0.717, 1.165) is 0 Å². The molecule has 1 rings (SSSR count). The van der Waals surface area contributed by atoms with Crippen LogP contribution in [0.15, 0.2) is 18.2 Å². The third kappa shape index (κ3) is 2.43. The highest BCUT2D eigenvalue weighted by atomic mass is 35.5. The standard InChI is InChI=1S/C8H8ClN3O2/c9-6-3-5(4-8(10)11)1-2-7(6)12(13)14/h1-3H,4H2,(H3,10,11). The predicted octanol–water partition coefficient (Wildman–Crippen LogP) is 1.73. The number of hydrogen-bond donors (Lipinski definition) is 2. The van der Waals surface area contributed by atoms with E-state index in [0.29, 0.717) is 5.56 Å². The molecule has 0 unspecified atom stereocenters. The van der Waals surface area contributed by atoms with Gasteiger partial charge in [-0.15, -0.1) is 0 Å². The number of nitrogens with zero attached hydrogens (tertiary/aromatic N) is 1. The third-order valence-corrected chi connectivity index (χ3v) is 1.91. The Labute approximate surface area is 85.1 Å². The maximum atomic E-state index is 10.4. The van der Waals surface area contributed by atoms with Gasteiger partial charge in [-0.3, -0.25) is 15.5 Å². The molecule has 1 aromatic carbocycles. The van der Waals surface area contributed by atoms with E-state index in [-0.39, 0.29) is 23.0 Å². The van der Waals surface area contributed by atoms with Crippen molar-refractivity contribution in [2.75, 3.05) is 0 Å². The van der Waals surface area contributed by atoms with Crippen molar-refractivity contribution in [3.05, 3.63) is 38.9 Å². The van der Waals surface area contributed by atoms with Crippen LogP contribution in [0.25, 0.3) is 0 Å². The Morgan fingerprint density at radius 1 is 1.64 bits per heavy atom. The molecule has 0 spiro atoms. The molecule has 74 valence electrons. The van der Waals surface area contributed by atoms with Crippen molar-refractivity contribution in [3.8, 4) is 0 Å². The van der Waals surface area contributed by atoms with E-state index in [2.05, 4.69) is 0 Å². The van der Waals surface area contributed by atoms with Gasteiger partial charge in [0.2, 0.25) is 0 Å². The lowest BCUT2D eigenvalue weighted by molar-refractivity contribution is -0.384. The van der Waals surface area contributed by atoms with Gasteiger partial charge in [0.15, 0.2) is 0 Å². The number of nitrogens with one attached hydrogen (secondary N) is 1. The number of halogens is 1. The smallest absolute Gasteiger partial charge is 0.287 e. The first-order chi connectivity index (χ1) is 6.50. The fourth-order valence-electron chi connectivity index (χ4n) is 1.03. The summed E-state index contributed by atoms with van der Waals surface area (Å²) in [5.74, 6) is -0.00470.